The molecule has 0 saturated carbocycles. The van der Waals surface area contributed by atoms with Crippen molar-refractivity contribution in [1.29, 1.82) is 0 Å². The van der Waals surface area contributed by atoms with Gasteiger partial charge in [-0.1, -0.05) is 42.5 Å². The fourth-order valence-electron chi connectivity index (χ4n) is 10.0. The molecule has 79 heavy (non-hydrogen) atoms. The summed E-state index contributed by atoms with van der Waals surface area (Å²) in [7, 11) is 3.27. The smallest absolute Gasteiger partial charge is 0.251 e. The molecular weight excluding hydrogens is 1010 g/mol. The quantitative estimate of drug-likeness (QED) is 0.0570. The van der Waals surface area contributed by atoms with E-state index in [1.807, 2.05) is 41.3 Å². The van der Waals surface area contributed by atoms with Gasteiger partial charge in [-0.25, -0.2) is 0 Å². The van der Waals surface area contributed by atoms with Gasteiger partial charge in [-0.05, 0) is 107 Å². The van der Waals surface area contributed by atoms with Crippen LogP contribution in [0.2, 0.25) is 0 Å². The molecule has 2 atom stereocenters. The van der Waals surface area contributed by atoms with Crippen LogP contribution in [-0.2, 0) is 58.7 Å². The van der Waals surface area contributed by atoms with E-state index in [0.717, 1.165) is 56.6 Å². The molecule has 6 rings (SSSR count). The topological polar surface area (TPSA) is 201 Å². The summed E-state index contributed by atoms with van der Waals surface area (Å²) >= 11 is 0. The van der Waals surface area contributed by atoms with Crippen LogP contribution < -0.4 is 20.9 Å². The lowest BCUT2D eigenvalue weighted by molar-refractivity contribution is -0.132. The standard InChI is InChI=1S/C60H87N7O12/c1-5-66(6-2)50-17-18-54(52(45-50)55-44-48(19-23-62-55)57(69)63-53-16-9-13-47-12-7-8-15-51(47)53)64-58(70)49-14-10-21-60(46-49,59(71)61-3)22-26-65-24-11-25-67(28-27-65)56(68)20-29-73-32-33-75-36-37-77-40-41-79-43-42-78-39-38-76-35-34-74-31-30-72-4/h7-8,10,12,14-15,17-19,21,23,44-45,53H,5-6,9,11,13,16,20,22,24-43,46H2,1-4H3,(H,61,71)(H,63,69)(H,64,70). The lowest BCUT2D eigenvalue weighted by atomic mass is 9.74. The summed E-state index contributed by atoms with van der Waals surface area (Å²) in [6, 6.07) is 17.6. The third-order valence-corrected chi connectivity index (χ3v) is 14.5. The number of nitrogens with one attached hydrogen (secondary N) is 3. The summed E-state index contributed by atoms with van der Waals surface area (Å²) in [5.41, 5.74) is 5.15. The van der Waals surface area contributed by atoms with Gasteiger partial charge in [0, 0.05) is 75.5 Å². The summed E-state index contributed by atoms with van der Waals surface area (Å²) in [6.45, 7) is 16.1. The molecule has 3 N–H and O–H groups in total. The maximum atomic E-state index is 14.4. The average molecular weight is 1100 g/mol. The lowest BCUT2D eigenvalue weighted by Gasteiger charge is -2.34. The van der Waals surface area contributed by atoms with E-state index < -0.39 is 5.41 Å². The maximum absolute atomic E-state index is 14.4. The Morgan fingerprint density at radius 1 is 0.722 bits per heavy atom. The number of nitrogens with zero attached hydrogens (tertiary/aromatic N) is 4. The van der Waals surface area contributed by atoms with Crippen LogP contribution in [0.1, 0.15) is 79.9 Å². The van der Waals surface area contributed by atoms with Crippen LogP contribution in [0.15, 0.2) is 84.6 Å². The number of benzene rings is 2. The molecule has 2 heterocycles. The van der Waals surface area contributed by atoms with Crippen LogP contribution in [0, 0.1) is 5.41 Å². The van der Waals surface area contributed by atoms with Crippen molar-refractivity contribution in [2.75, 3.05) is 169 Å². The third kappa shape index (κ3) is 20.5. The lowest BCUT2D eigenvalue weighted by Crippen LogP contribution is -2.43. The minimum absolute atomic E-state index is 0.0494. The van der Waals surface area contributed by atoms with Crippen molar-refractivity contribution in [3.63, 3.8) is 0 Å². The van der Waals surface area contributed by atoms with Crippen LogP contribution in [0.5, 0.6) is 0 Å². The van der Waals surface area contributed by atoms with Gasteiger partial charge in [0.15, 0.2) is 0 Å². The van der Waals surface area contributed by atoms with Crippen LogP contribution in [0.4, 0.5) is 11.4 Å². The molecule has 0 bridgehead atoms. The second kappa shape index (κ2) is 35.2. The van der Waals surface area contributed by atoms with Crippen molar-refractivity contribution in [3.05, 3.63) is 101 Å². The van der Waals surface area contributed by atoms with E-state index in [1.54, 1.807) is 44.6 Å². The van der Waals surface area contributed by atoms with Gasteiger partial charge in [-0.3, -0.25) is 24.2 Å². The Balaban J connectivity index is 0.902. The molecule has 0 radical (unpaired) electrons. The molecular formula is C60H87N7O12. The number of carbonyl (C=O) groups excluding carboxylic acids is 4. The zero-order valence-corrected chi connectivity index (χ0v) is 47.3. The van der Waals surface area contributed by atoms with Gasteiger partial charge < -0.3 is 68.5 Å². The Morgan fingerprint density at radius 2 is 1.37 bits per heavy atom. The van der Waals surface area contributed by atoms with E-state index in [9.17, 15) is 19.2 Å². The zero-order chi connectivity index (χ0) is 55.9. The van der Waals surface area contributed by atoms with Crippen molar-refractivity contribution in [2.24, 2.45) is 5.41 Å². The first-order valence-corrected chi connectivity index (χ1v) is 28.4. The second-order valence-electron chi connectivity index (χ2n) is 19.7. The third-order valence-electron chi connectivity index (χ3n) is 14.5. The van der Waals surface area contributed by atoms with Gasteiger partial charge in [0.05, 0.1) is 128 Å². The highest BCUT2D eigenvalue weighted by Gasteiger charge is 2.39. The van der Waals surface area contributed by atoms with E-state index in [2.05, 4.69) is 51.7 Å². The number of fused-ring (bicyclic) bond motifs is 1. The Morgan fingerprint density at radius 3 is 2.01 bits per heavy atom. The van der Waals surface area contributed by atoms with Crippen molar-refractivity contribution < 1.29 is 57.1 Å². The summed E-state index contributed by atoms with van der Waals surface area (Å²) in [5, 5.41) is 9.31. The number of methoxy groups -OCH3 is 1. The zero-order valence-electron chi connectivity index (χ0n) is 47.3. The summed E-state index contributed by atoms with van der Waals surface area (Å²) < 4.78 is 43.6. The monoisotopic (exact) mass is 1100 g/mol. The predicted octanol–water partition coefficient (Wildman–Crippen LogP) is 6.04. The molecule has 4 amide bonds. The van der Waals surface area contributed by atoms with Gasteiger partial charge in [0.25, 0.3) is 11.8 Å². The van der Waals surface area contributed by atoms with Gasteiger partial charge in [0.1, 0.15) is 0 Å². The first-order chi connectivity index (χ1) is 38.7. The number of ether oxygens (including phenoxy) is 8. The van der Waals surface area contributed by atoms with E-state index in [1.165, 1.54) is 5.56 Å². The Labute approximate surface area is 468 Å². The summed E-state index contributed by atoms with van der Waals surface area (Å²) in [6.07, 6.45) is 11.8. The summed E-state index contributed by atoms with van der Waals surface area (Å²) in [4.78, 5) is 66.4. The normalized spacial score (nSPS) is 17.4. The van der Waals surface area contributed by atoms with E-state index in [4.69, 9.17) is 42.9 Å². The number of aromatic nitrogens is 1. The van der Waals surface area contributed by atoms with Crippen molar-refractivity contribution in [2.45, 2.75) is 64.8 Å². The highest BCUT2D eigenvalue weighted by Crippen LogP contribution is 2.38. The van der Waals surface area contributed by atoms with E-state index in [-0.39, 0.29) is 42.5 Å². The molecule has 3 aliphatic rings. The minimum atomic E-state index is -0.965. The molecule has 3 aromatic rings. The first kappa shape index (κ1) is 62.6. The number of aryl methyl sites for hydroxylation is 1. The largest absolute Gasteiger partial charge is 0.382 e. The molecule has 1 fully saturated rings. The van der Waals surface area contributed by atoms with Gasteiger partial charge in [0.2, 0.25) is 11.8 Å². The molecule has 434 valence electrons. The van der Waals surface area contributed by atoms with Crippen LogP contribution >= 0.6 is 0 Å². The maximum Gasteiger partial charge on any atom is 0.251 e. The predicted molar refractivity (Wildman–Crippen MR) is 304 cm³/mol. The molecule has 2 unspecified atom stereocenters. The van der Waals surface area contributed by atoms with Gasteiger partial charge in [-0.2, -0.15) is 0 Å². The van der Waals surface area contributed by atoms with Crippen molar-refractivity contribution in [3.8, 4) is 11.3 Å². The number of amides is 4. The minimum Gasteiger partial charge on any atom is -0.382 e. The molecule has 1 saturated heterocycles. The number of pyridine rings is 1. The second-order valence-corrected chi connectivity index (χ2v) is 19.7. The van der Waals surface area contributed by atoms with Crippen LogP contribution in [0.25, 0.3) is 11.3 Å². The SMILES string of the molecule is CCN(CC)c1ccc(NC(=O)C2=CC=CC(CCN3CCCN(C(=O)CCOCCOCCOCCOCCOCCOCCOCCOC)CC3)(C(=O)NC)C2)c(-c2cc(C(=O)NC3CCCc4ccccc43)ccn2)c1. The highest BCUT2D eigenvalue weighted by atomic mass is 16.6. The average Bonchev–Trinajstić information content (AvgIpc) is 3.76. The number of rotatable bonds is 36. The number of carbonyl (C=O) groups is 4. The summed E-state index contributed by atoms with van der Waals surface area (Å²) in [5.74, 6) is -0.621. The fourth-order valence-corrected chi connectivity index (χ4v) is 10.0. The number of hydrogen-bond donors (Lipinski definition) is 3. The number of allylic oxidation sites excluding steroid dienone is 2. The highest BCUT2D eigenvalue weighted by molar-refractivity contribution is 6.07. The van der Waals surface area contributed by atoms with E-state index >= 15 is 0 Å². The van der Waals surface area contributed by atoms with Crippen molar-refractivity contribution in [1.82, 2.24) is 25.4 Å². The van der Waals surface area contributed by atoms with E-state index in [0.29, 0.717) is 160 Å². The fraction of sp³-hybridized carbons (Fsp3) is 0.583. The molecule has 19 nitrogen and oxygen atoms in total. The Bertz CT molecular complexity index is 2400. The van der Waals surface area contributed by atoms with Crippen molar-refractivity contribution >= 4 is 35.0 Å². The Kier molecular flexibility index (Phi) is 27.9. The number of anilines is 2. The molecule has 0 spiro atoms. The van der Waals surface area contributed by atoms with Gasteiger partial charge in [-0.15, -0.1) is 0 Å². The Hall–Kier alpha value is -5.61. The molecule has 1 aromatic heterocycles. The van der Waals surface area contributed by atoms with Crippen LogP contribution in [0.3, 0.4) is 0 Å². The number of hydrogen-bond acceptors (Lipinski definition) is 15. The van der Waals surface area contributed by atoms with Crippen LogP contribution in [-0.4, -0.2) is 197 Å². The molecule has 2 aliphatic carbocycles. The molecule has 19 heteroatoms. The first-order valence-electron chi connectivity index (χ1n) is 28.4. The molecule has 1 aliphatic heterocycles. The van der Waals surface area contributed by atoms with Gasteiger partial charge >= 0.3 is 0 Å². The molecule has 2 aromatic carbocycles.